The van der Waals surface area contributed by atoms with Crippen molar-refractivity contribution in [3.63, 3.8) is 0 Å². The number of nitrogens with zero attached hydrogens (tertiary/aromatic N) is 1. The number of phenols is 3. The highest BCUT2D eigenvalue weighted by molar-refractivity contribution is 6.38. The smallest absolute Gasteiger partial charge is 0.417 e. The summed E-state index contributed by atoms with van der Waals surface area (Å²) in [5, 5.41) is 39.7. The van der Waals surface area contributed by atoms with E-state index in [0.29, 0.717) is 68.6 Å². The number of phenolic OH excluding ortho intramolecular Hbond substituents is 3. The standard InChI is InChI=1S/C19H15NO7.C15H11NO4.C14H11NO5.C14H13NO3.2C14H12O3/c1-2-25-18(23)16(22)10-15(21)13-8-12(26-11-6-4-3-5-7-11)9-14-17(13)27-19(24)20-14;1-9(17)12-7-11(19-10-5-3-2-4-6-10)8-13-14(12)20-15(18)16-13;1-9(16)12-7-11(8-13(14(12)17)15(18)19)20-10-5-3-2-4-6-10;1-9(16)12-7-11(8-13(15)14(12)17)18-10-5-3-2-4-6-10;1-11(15)16-13-7-9-14(10-8-13)17-12-5-3-2-4-6-12;1-10(15)13-9-12(7-8-14(13)16)17-11-5-3-2-4-6-11/h3-9H,2,10H2,1H3,(H,20,24);2-8H,1H3,(H,16,18);2-8,17H,1H3;2-8,17H,15H2,1H3;2-10H,1H3;2-9,16H,1H3. The van der Waals surface area contributed by atoms with Gasteiger partial charge in [-0.3, -0.25) is 53.6 Å². The van der Waals surface area contributed by atoms with Gasteiger partial charge in [-0.25, -0.2) is 14.4 Å². The first-order chi connectivity index (χ1) is 57.1. The zero-order chi connectivity index (χ0) is 85.7. The molecule has 604 valence electrons. The van der Waals surface area contributed by atoms with Crippen LogP contribution in [0, 0.1) is 10.1 Å². The Morgan fingerprint density at radius 2 is 0.706 bits per heavy atom. The second-order valence-electron chi connectivity index (χ2n) is 24.9. The molecule has 0 spiro atoms. The Labute approximate surface area is 676 Å². The molecule has 0 bridgehead atoms. The lowest BCUT2D eigenvalue weighted by Gasteiger charge is -2.10. The van der Waals surface area contributed by atoms with Gasteiger partial charge in [0.2, 0.25) is 11.5 Å². The minimum Gasteiger partial charge on any atom is -0.507 e. The number of aromatic nitrogens is 2. The fourth-order valence-corrected chi connectivity index (χ4v) is 10.5. The van der Waals surface area contributed by atoms with Crippen LogP contribution >= 0.6 is 0 Å². The van der Waals surface area contributed by atoms with Crippen molar-refractivity contribution in [2.75, 3.05) is 12.3 Å². The van der Waals surface area contributed by atoms with Gasteiger partial charge in [0.05, 0.1) is 68.6 Å². The van der Waals surface area contributed by atoms with E-state index in [-0.39, 0.29) is 97.5 Å². The molecule has 0 fully saturated rings. The number of nitrogens with one attached hydrogen (secondary N) is 2. The monoisotopic (exact) mass is 1610 g/mol. The minimum absolute atomic E-state index is 0.0120. The number of fused-ring (bicyclic) bond motifs is 2. The zero-order valence-corrected chi connectivity index (χ0v) is 64.2. The van der Waals surface area contributed by atoms with E-state index in [1.807, 2.05) is 103 Å². The van der Waals surface area contributed by atoms with Crippen LogP contribution in [0.2, 0.25) is 0 Å². The number of Topliss-reactive ketones (excluding diaryl/α,β-unsaturated/α-hetero) is 6. The molecule has 12 aromatic carbocycles. The largest absolute Gasteiger partial charge is 0.507 e. The Morgan fingerprint density at radius 1 is 0.387 bits per heavy atom. The number of H-pyrrole nitrogens is 2. The molecular formula is C90H74N4O25. The molecule has 0 saturated heterocycles. The number of carbonyl (C=O) groups excluding carboxylic acids is 8. The summed E-state index contributed by atoms with van der Waals surface area (Å²) in [6, 6.07) is 77.3. The van der Waals surface area contributed by atoms with Gasteiger partial charge in [-0.15, -0.1) is 0 Å². The quantitative estimate of drug-likeness (QED) is 0.00399. The molecule has 2 aromatic heterocycles. The van der Waals surface area contributed by atoms with Crippen molar-refractivity contribution in [2.45, 2.75) is 48.0 Å². The first-order valence-electron chi connectivity index (χ1n) is 35.8. The highest BCUT2D eigenvalue weighted by Crippen LogP contribution is 2.38. The molecule has 0 aliphatic rings. The molecule has 0 saturated carbocycles. The summed E-state index contributed by atoms with van der Waals surface area (Å²) < 4.78 is 53.0. The van der Waals surface area contributed by atoms with E-state index in [1.165, 1.54) is 77.1 Å². The van der Waals surface area contributed by atoms with Gasteiger partial charge in [0, 0.05) is 25.1 Å². The summed E-state index contributed by atoms with van der Waals surface area (Å²) >= 11 is 0. The molecule has 7 N–H and O–H groups in total. The van der Waals surface area contributed by atoms with Gasteiger partial charge >= 0.3 is 29.1 Å². The fraction of sp³-hybridized carbons (Fsp3) is 0.0889. The van der Waals surface area contributed by atoms with Crippen LogP contribution in [0.3, 0.4) is 0 Å². The number of nitrogen functional groups attached to an aromatic ring is 1. The number of hydrogen-bond acceptors (Lipinski definition) is 26. The lowest BCUT2D eigenvalue weighted by molar-refractivity contribution is -0.386. The second-order valence-corrected chi connectivity index (χ2v) is 24.9. The van der Waals surface area contributed by atoms with Crippen LogP contribution < -0.4 is 50.4 Å². The normalized spacial score (nSPS) is 10.2. The van der Waals surface area contributed by atoms with Crippen molar-refractivity contribution in [2.24, 2.45) is 0 Å². The number of aromatic hydroxyl groups is 3. The number of benzene rings is 12. The summed E-state index contributed by atoms with van der Waals surface area (Å²) in [6.45, 7) is 8.33. The number of oxazole rings is 2. The van der Waals surface area contributed by atoms with E-state index < -0.39 is 57.6 Å². The molecule has 29 heteroatoms. The Kier molecular flexibility index (Phi) is 30.5. The zero-order valence-electron chi connectivity index (χ0n) is 64.2. The third-order valence-electron chi connectivity index (χ3n) is 15.9. The summed E-state index contributed by atoms with van der Waals surface area (Å²) in [4.78, 5) is 130. The van der Waals surface area contributed by atoms with Crippen molar-refractivity contribution in [3.8, 4) is 92.0 Å². The molecule has 0 radical (unpaired) electrons. The molecule has 0 aliphatic heterocycles. The SMILES string of the molecule is CC(=O)Oc1ccc(Oc2ccccc2)cc1.CC(=O)c1cc(Oc2ccccc2)cc(N)c1O.CC(=O)c1cc(Oc2ccccc2)cc([N+](=O)[O-])c1O.CC(=O)c1cc(Oc2ccccc2)cc2[nH]c(=O)oc12.CC(=O)c1cc(Oc2ccccc2)ccc1O.CCOC(=O)C(=O)CC(=O)c1cc(Oc2ccccc2)cc2[nH]c(=O)oc12. The van der Waals surface area contributed by atoms with Crippen molar-refractivity contribution in [1.82, 2.24) is 9.97 Å². The number of aromatic amines is 2. The maximum Gasteiger partial charge on any atom is 0.417 e. The predicted octanol–water partition coefficient (Wildman–Crippen LogP) is 18.8. The van der Waals surface area contributed by atoms with Crippen molar-refractivity contribution >= 4 is 80.2 Å². The van der Waals surface area contributed by atoms with Crippen LogP contribution in [0.1, 0.15) is 99.8 Å². The highest BCUT2D eigenvalue weighted by atomic mass is 16.6. The van der Waals surface area contributed by atoms with E-state index in [9.17, 15) is 73.4 Å². The van der Waals surface area contributed by atoms with Gasteiger partial charge in [0.15, 0.2) is 40.1 Å². The third-order valence-corrected chi connectivity index (χ3v) is 15.9. The number of esters is 2. The lowest BCUT2D eigenvalue weighted by atomic mass is 10.0. The molecule has 2 heterocycles. The Balaban J connectivity index is 0.000000164. The molecule has 0 aliphatic carbocycles. The number of hydrogen-bond donors (Lipinski definition) is 6. The first kappa shape index (κ1) is 86.5. The molecular weight excluding hydrogens is 1540 g/mol. The van der Waals surface area contributed by atoms with Crippen LogP contribution in [-0.2, 0) is 19.1 Å². The molecule has 119 heavy (non-hydrogen) atoms. The number of rotatable bonds is 23. The molecule has 0 amide bonds. The van der Waals surface area contributed by atoms with E-state index in [4.69, 9.17) is 47.7 Å². The van der Waals surface area contributed by atoms with Crippen LogP contribution in [0.15, 0.2) is 291 Å². The van der Waals surface area contributed by atoms with Gasteiger partial charge in [0.1, 0.15) is 86.2 Å². The second kappa shape index (κ2) is 41.9. The number of carbonyl (C=O) groups is 8. The van der Waals surface area contributed by atoms with Crippen molar-refractivity contribution in [3.05, 3.63) is 332 Å². The van der Waals surface area contributed by atoms with Gasteiger partial charge in [-0.05, 0) is 174 Å². The predicted molar refractivity (Wildman–Crippen MR) is 437 cm³/mol. The molecule has 14 rings (SSSR count). The summed E-state index contributed by atoms with van der Waals surface area (Å²) in [5.41, 5.74) is 6.63. The molecule has 0 unspecified atom stereocenters. The van der Waals surface area contributed by atoms with E-state index in [0.717, 1.165) is 11.8 Å². The average molecular weight is 1610 g/mol. The summed E-state index contributed by atoms with van der Waals surface area (Å²) in [5.74, 6) is 0.253. The summed E-state index contributed by atoms with van der Waals surface area (Å²) in [7, 11) is 0. The summed E-state index contributed by atoms with van der Waals surface area (Å²) in [6.07, 6.45) is -0.711. The third kappa shape index (κ3) is 25.8. The fourth-order valence-electron chi connectivity index (χ4n) is 10.5. The Bertz CT molecular complexity index is 6020. The molecule has 29 nitrogen and oxygen atoms in total. The number of anilines is 1. The topological polar surface area (TPSA) is 432 Å². The highest BCUT2D eigenvalue weighted by Gasteiger charge is 2.26. The number of nitrogens with two attached hydrogens (primary N) is 1. The maximum atomic E-state index is 12.5. The molecule has 0 atom stereocenters. The lowest BCUT2D eigenvalue weighted by Crippen LogP contribution is -2.20. The van der Waals surface area contributed by atoms with E-state index in [1.54, 1.807) is 128 Å². The van der Waals surface area contributed by atoms with Crippen molar-refractivity contribution < 1.29 is 105 Å². The van der Waals surface area contributed by atoms with Crippen LogP contribution in [0.4, 0.5) is 11.4 Å². The van der Waals surface area contributed by atoms with Gasteiger partial charge < -0.3 is 67.8 Å². The average Bonchev–Trinajstić information content (AvgIpc) is 1.80. The number of nitro groups is 1. The van der Waals surface area contributed by atoms with Gasteiger partial charge in [-0.1, -0.05) is 109 Å². The maximum absolute atomic E-state index is 12.5. The van der Waals surface area contributed by atoms with E-state index in [2.05, 4.69) is 14.7 Å². The van der Waals surface area contributed by atoms with Crippen LogP contribution in [0.5, 0.6) is 92.0 Å². The number of ketones is 6. The Morgan fingerprint density at radius 3 is 1.09 bits per heavy atom. The number of ether oxygens (including phenoxy) is 8. The Hall–Kier alpha value is -16.5. The molecule has 14 aromatic rings. The number of para-hydroxylation sites is 6. The van der Waals surface area contributed by atoms with E-state index >= 15 is 0 Å². The van der Waals surface area contributed by atoms with Gasteiger partial charge in [-0.2, -0.15) is 0 Å². The van der Waals surface area contributed by atoms with Crippen LogP contribution in [0.25, 0.3) is 22.2 Å². The van der Waals surface area contributed by atoms with Crippen molar-refractivity contribution in [1.29, 1.82) is 0 Å². The minimum atomic E-state index is -1.09. The number of nitro benzene ring substituents is 1. The van der Waals surface area contributed by atoms with Crippen LogP contribution in [-0.4, -0.2) is 83.5 Å². The first-order valence-corrected chi connectivity index (χ1v) is 35.8. The van der Waals surface area contributed by atoms with Gasteiger partial charge in [0.25, 0.3) is 0 Å².